The molecule has 0 amide bonds. The van der Waals surface area contributed by atoms with Crippen LogP contribution in [0.1, 0.15) is 13.8 Å². The Labute approximate surface area is 144 Å². The molecular weight excluding hydrogens is 343 g/mol. The molecule has 0 aliphatic carbocycles. The minimum atomic E-state index is -1.72. The van der Waals surface area contributed by atoms with Gasteiger partial charge >= 0.3 is 0 Å². The summed E-state index contributed by atoms with van der Waals surface area (Å²) >= 11 is 0. The molecule has 10 unspecified atom stereocenters. The highest BCUT2D eigenvalue weighted by Gasteiger charge is 2.50. The summed E-state index contributed by atoms with van der Waals surface area (Å²) < 4.78 is 29.0. The zero-order valence-electron chi connectivity index (χ0n) is 14.1. The fourth-order valence-corrected chi connectivity index (χ4v) is 3.15. The van der Waals surface area contributed by atoms with E-state index in [-0.39, 0.29) is 5.92 Å². The molecule has 0 radical (unpaired) electrons. The van der Waals surface area contributed by atoms with Crippen molar-refractivity contribution in [1.82, 2.24) is 0 Å². The van der Waals surface area contributed by atoms with E-state index in [4.69, 9.17) is 14.2 Å². The maximum Gasteiger partial charge on any atom is 0.187 e. The molecule has 10 atom stereocenters. The fourth-order valence-electron chi connectivity index (χ4n) is 3.15. The zero-order valence-corrected chi connectivity index (χ0v) is 14.1. The Bertz CT molecular complexity index is 422. The molecule has 148 valence electrons. The minimum absolute atomic E-state index is 0.149. The van der Waals surface area contributed by atoms with Crippen LogP contribution in [0.15, 0.2) is 0 Å². The van der Waals surface area contributed by atoms with Crippen molar-refractivity contribution in [1.29, 1.82) is 0 Å². The summed E-state index contributed by atoms with van der Waals surface area (Å²) in [7, 11) is 0. The first-order valence-electron chi connectivity index (χ1n) is 8.26. The van der Waals surface area contributed by atoms with E-state index in [2.05, 4.69) is 0 Å². The molecule has 0 saturated carbocycles. The molecule has 2 rings (SSSR count). The summed E-state index contributed by atoms with van der Waals surface area (Å²) in [6.45, 7) is 1.87. The summed E-state index contributed by atoms with van der Waals surface area (Å²) in [6.07, 6.45) is -13.9. The van der Waals surface area contributed by atoms with E-state index in [1.165, 1.54) is 0 Å². The molecule has 2 aliphatic heterocycles. The highest BCUT2D eigenvalue weighted by molar-refractivity contribution is 4.96. The molecular formula is C15H27FO9. The van der Waals surface area contributed by atoms with Crippen molar-refractivity contribution in [3.8, 4) is 0 Å². The van der Waals surface area contributed by atoms with Gasteiger partial charge in [-0.05, 0) is 5.92 Å². The number of halogens is 1. The van der Waals surface area contributed by atoms with E-state index in [0.29, 0.717) is 0 Å². The normalized spacial score (nSPS) is 48.7. The number of aliphatic hydroxyl groups is 6. The lowest BCUT2D eigenvalue weighted by molar-refractivity contribution is -0.342. The quantitative estimate of drug-likeness (QED) is 0.304. The van der Waals surface area contributed by atoms with Gasteiger partial charge in [-0.1, -0.05) is 13.8 Å². The van der Waals surface area contributed by atoms with Crippen molar-refractivity contribution in [3.63, 3.8) is 0 Å². The van der Waals surface area contributed by atoms with Gasteiger partial charge in [-0.3, -0.25) is 0 Å². The van der Waals surface area contributed by atoms with E-state index >= 15 is 0 Å². The zero-order chi connectivity index (χ0) is 18.9. The summed E-state index contributed by atoms with van der Waals surface area (Å²) in [5.41, 5.74) is 0. The molecule has 2 heterocycles. The highest BCUT2D eigenvalue weighted by atomic mass is 19.1. The standard InChI is InChI=1S/C15H27FO9/c1-5(2)13-10(20)11(21)14(7(4-17)23-13)25-15-12(22)9(19)8(18)6(3-16)24-15/h5-15,17-22H,3-4H2,1-2H3. The molecule has 2 saturated heterocycles. The van der Waals surface area contributed by atoms with Crippen LogP contribution in [0.4, 0.5) is 4.39 Å². The van der Waals surface area contributed by atoms with Crippen molar-refractivity contribution in [2.45, 2.75) is 75.1 Å². The van der Waals surface area contributed by atoms with E-state index in [1.54, 1.807) is 13.8 Å². The summed E-state index contributed by atoms with van der Waals surface area (Å²) in [4.78, 5) is 0. The van der Waals surface area contributed by atoms with Crippen LogP contribution in [-0.2, 0) is 14.2 Å². The van der Waals surface area contributed by atoms with E-state index in [1.807, 2.05) is 0 Å². The van der Waals surface area contributed by atoms with Gasteiger partial charge in [0.05, 0.1) is 12.7 Å². The second kappa shape index (κ2) is 8.51. The van der Waals surface area contributed by atoms with Crippen LogP contribution < -0.4 is 0 Å². The Morgan fingerprint density at radius 2 is 1.52 bits per heavy atom. The first kappa shape index (κ1) is 20.9. The summed E-state index contributed by atoms with van der Waals surface area (Å²) in [6, 6.07) is 0. The molecule has 0 aromatic rings. The number of hydrogen-bond acceptors (Lipinski definition) is 9. The lowest BCUT2D eigenvalue weighted by Crippen LogP contribution is -2.64. The van der Waals surface area contributed by atoms with Crippen LogP contribution in [0.25, 0.3) is 0 Å². The molecule has 0 aromatic heterocycles. The van der Waals surface area contributed by atoms with Crippen molar-refractivity contribution in [3.05, 3.63) is 0 Å². The second-order valence-electron chi connectivity index (χ2n) is 6.82. The van der Waals surface area contributed by atoms with E-state index in [9.17, 15) is 35.0 Å². The van der Waals surface area contributed by atoms with Gasteiger partial charge in [-0.25, -0.2) is 4.39 Å². The van der Waals surface area contributed by atoms with Crippen LogP contribution in [0, 0.1) is 5.92 Å². The number of alkyl halides is 1. The third-order valence-corrected chi connectivity index (χ3v) is 4.67. The average Bonchev–Trinajstić information content (AvgIpc) is 2.58. The maximum atomic E-state index is 12.9. The van der Waals surface area contributed by atoms with Crippen LogP contribution in [0.3, 0.4) is 0 Å². The SMILES string of the molecule is CC(C)C1OC(CO)C(OC2OC(CF)C(O)C(O)C2O)C(O)C1O. The summed E-state index contributed by atoms with van der Waals surface area (Å²) in [5, 5.41) is 59.4. The summed E-state index contributed by atoms with van der Waals surface area (Å²) in [5.74, 6) is -0.149. The van der Waals surface area contributed by atoms with E-state index in [0.717, 1.165) is 0 Å². The molecule has 2 fully saturated rings. The van der Waals surface area contributed by atoms with Gasteiger partial charge < -0.3 is 44.8 Å². The van der Waals surface area contributed by atoms with Gasteiger partial charge in [0.15, 0.2) is 6.29 Å². The number of aliphatic hydroxyl groups excluding tert-OH is 6. The highest BCUT2D eigenvalue weighted by Crippen LogP contribution is 2.31. The Morgan fingerprint density at radius 3 is 2.04 bits per heavy atom. The van der Waals surface area contributed by atoms with Crippen molar-refractivity contribution < 1.29 is 49.2 Å². The topological polar surface area (TPSA) is 149 Å². The Balaban J connectivity index is 2.14. The second-order valence-corrected chi connectivity index (χ2v) is 6.82. The minimum Gasteiger partial charge on any atom is -0.394 e. The number of ether oxygens (including phenoxy) is 3. The molecule has 6 N–H and O–H groups in total. The Kier molecular flexibility index (Phi) is 7.10. The monoisotopic (exact) mass is 370 g/mol. The van der Waals surface area contributed by atoms with Gasteiger partial charge in [-0.2, -0.15) is 0 Å². The predicted molar refractivity (Wildman–Crippen MR) is 80.1 cm³/mol. The third-order valence-electron chi connectivity index (χ3n) is 4.67. The van der Waals surface area contributed by atoms with Crippen molar-refractivity contribution >= 4 is 0 Å². The van der Waals surface area contributed by atoms with Gasteiger partial charge in [0.25, 0.3) is 0 Å². The Morgan fingerprint density at radius 1 is 0.880 bits per heavy atom. The lowest BCUT2D eigenvalue weighted by Gasteiger charge is -2.46. The number of hydrogen-bond donors (Lipinski definition) is 6. The molecule has 2 aliphatic rings. The van der Waals surface area contributed by atoms with Crippen molar-refractivity contribution in [2.24, 2.45) is 5.92 Å². The molecule has 9 nitrogen and oxygen atoms in total. The van der Waals surface area contributed by atoms with Gasteiger partial charge in [0.1, 0.15) is 55.5 Å². The molecule has 0 bridgehead atoms. The first-order chi connectivity index (χ1) is 11.7. The van der Waals surface area contributed by atoms with Crippen LogP contribution >= 0.6 is 0 Å². The molecule has 0 spiro atoms. The van der Waals surface area contributed by atoms with Crippen molar-refractivity contribution in [2.75, 3.05) is 13.3 Å². The van der Waals surface area contributed by atoms with Gasteiger partial charge in [0, 0.05) is 0 Å². The molecule has 0 aromatic carbocycles. The van der Waals surface area contributed by atoms with Gasteiger partial charge in [0.2, 0.25) is 0 Å². The van der Waals surface area contributed by atoms with Crippen LogP contribution in [-0.4, -0.2) is 105 Å². The van der Waals surface area contributed by atoms with Crippen LogP contribution in [0.2, 0.25) is 0 Å². The van der Waals surface area contributed by atoms with E-state index < -0.39 is 74.5 Å². The first-order valence-corrected chi connectivity index (χ1v) is 8.26. The van der Waals surface area contributed by atoms with Gasteiger partial charge in [-0.15, -0.1) is 0 Å². The lowest BCUT2D eigenvalue weighted by atomic mass is 9.89. The molecule has 10 heteroatoms. The molecule has 25 heavy (non-hydrogen) atoms. The Hall–Kier alpha value is -0.430. The van der Waals surface area contributed by atoms with Crippen LogP contribution in [0.5, 0.6) is 0 Å². The average molecular weight is 370 g/mol. The smallest absolute Gasteiger partial charge is 0.187 e. The predicted octanol–water partition coefficient (Wildman–Crippen LogP) is -2.71. The fraction of sp³-hybridized carbons (Fsp3) is 1.00. The maximum absolute atomic E-state index is 12.9. The third kappa shape index (κ3) is 4.12. The number of rotatable bonds is 5. The largest absolute Gasteiger partial charge is 0.394 e.